The Bertz CT molecular complexity index is 743. The number of aliphatic hydroxyl groups excluding tert-OH is 1. The van der Waals surface area contributed by atoms with Crippen molar-refractivity contribution in [2.75, 3.05) is 0 Å². The van der Waals surface area contributed by atoms with Crippen LogP contribution < -0.4 is 0 Å². The second kappa shape index (κ2) is 5.06. The number of aliphatic hydroxyl groups is 1. The average Bonchev–Trinajstić information content (AvgIpc) is 2.79. The van der Waals surface area contributed by atoms with Gasteiger partial charge in [0.15, 0.2) is 0 Å². The number of aromatic nitrogens is 3. The van der Waals surface area contributed by atoms with Crippen molar-refractivity contribution in [2.24, 2.45) is 7.05 Å². The molecule has 0 bridgehead atoms. The summed E-state index contributed by atoms with van der Waals surface area (Å²) >= 11 is 0. The molecule has 0 saturated carbocycles. The molecule has 0 amide bonds. The van der Waals surface area contributed by atoms with Crippen molar-refractivity contribution in [2.45, 2.75) is 19.4 Å². The molecule has 2 aromatic heterocycles. The van der Waals surface area contributed by atoms with Crippen molar-refractivity contribution in [3.8, 4) is 0 Å². The fourth-order valence-electron chi connectivity index (χ4n) is 2.49. The van der Waals surface area contributed by atoms with Crippen LogP contribution in [0.1, 0.15) is 22.9 Å². The van der Waals surface area contributed by atoms with Gasteiger partial charge in [0.1, 0.15) is 0 Å². The molecule has 2 heterocycles. The second-order valence-corrected chi connectivity index (χ2v) is 5.02. The van der Waals surface area contributed by atoms with Crippen LogP contribution in [0, 0.1) is 6.92 Å². The van der Waals surface area contributed by atoms with Crippen LogP contribution >= 0.6 is 0 Å². The lowest BCUT2D eigenvalue weighted by atomic mass is 9.99. The monoisotopic (exact) mass is 267 g/mol. The van der Waals surface area contributed by atoms with E-state index in [-0.39, 0.29) is 0 Å². The zero-order valence-electron chi connectivity index (χ0n) is 11.6. The van der Waals surface area contributed by atoms with Crippen LogP contribution in [0.2, 0.25) is 0 Å². The zero-order chi connectivity index (χ0) is 14.1. The molecule has 102 valence electrons. The summed E-state index contributed by atoms with van der Waals surface area (Å²) in [4.78, 5) is 4.35. The van der Waals surface area contributed by atoms with Gasteiger partial charge < -0.3 is 5.11 Å². The molecule has 0 aliphatic carbocycles. The summed E-state index contributed by atoms with van der Waals surface area (Å²) in [7, 11) is 1.88. The van der Waals surface area contributed by atoms with E-state index >= 15 is 0 Å². The van der Waals surface area contributed by atoms with E-state index < -0.39 is 6.10 Å². The van der Waals surface area contributed by atoms with Crippen LogP contribution in [-0.4, -0.2) is 19.9 Å². The summed E-state index contributed by atoms with van der Waals surface area (Å²) in [5.74, 6) is 0. The van der Waals surface area contributed by atoms with E-state index in [9.17, 15) is 5.11 Å². The van der Waals surface area contributed by atoms with E-state index in [1.165, 1.54) is 0 Å². The zero-order valence-corrected chi connectivity index (χ0v) is 11.6. The van der Waals surface area contributed by atoms with E-state index in [1.807, 2.05) is 44.3 Å². The molecule has 3 aromatic rings. The van der Waals surface area contributed by atoms with Gasteiger partial charge in [0.05, 0.1) is 17.8 Å². The number of benzene rings is 1. The highest BCUT2D eigenvalue weighted by Crippen LogP contribution is 2.24. The fraction of sp³-hybridized carbons (Fsp3) is 0.250. The van der Waals surface area contributed by atoms with Gasteiger partial charge in [-0.1, -0.05) is 18.2 Å². The first-order valence-electron chi connectivity index (χ1n) is 6.66. The van der Waals surface area contributed by atoms with Gasteiger partial charge in [-0.2, -0.15) is 5.10 Å². The first-order chi connectivity index (χ1) is 9.66. The lowest BCUT2D eigenvalue weighted by Crippen LogP contribution is -2.04. The average molecular weight is 267 g/mol. The topological polar surface area (TPSA) is 50.9 Å². The standard InChI is InChI=1S/C16H17N3O/c1-11-14(10-18-19(11)2)16(20)9-12-7-8-17-15-6-4-3-5-13(12)15/h3-8,10,16,20H,9H2,1-2H3. The predicted octanol–water partition coefficient (Wildman–Crippen LogP) is 2.55. The summed E-state index contributed by atoms with van der Waals surface area (Å²) < 4.78 is 1.78. The second-order valence-electron chi connectivity index (χ2n) is 5.02. The first-order valence-corrected chi connectivity index (χ1v) is 6.66. The molecule has 0 spiro atoms. The van der Waals surface area contributed by atoms with Crippen LogP contribution in [0.5, 0.6) is 0 Å². The lowest BCUT2D eigenvalue weighted by Gasteiger charge is -2.12. The van der Waals surface area contributed by atoms with Gasteiger partial charge in [-0.05, 0) is 24.6 Å². The SMILES string of the molecule is Cc1c(C(O)Cc2ccnc3ccccc23)cnn1C. The Kier molecular flexibility index (Phi) is 3.24. The Morgan fingerprint density at radius 3 is 2.80 bits per heavy atom. The summed E-state index contributed by atoms with van der Waals surface area (Å²) in [5, 5.41) is 15.7. The molecule has 1 aromatic carbocycles. The highest BCUT2D eigenvalue weighted by atomic mass is 16.3. The number of nitrogens with zero attached hydrogens (tertiary/aromatic N) is 3. The van der Waals surface area contributed by atoms with E-state index in [0.29, 0.717) is 6.42 Å². The van der Waals surface area contributed by atoms with E-state index in [0.717, 1.165) is 27.7 Å². The Labute approximate surface area is 117 Å². The summed E-state index contributed by atoms with van der Waals surface area (Å²) in [6.45, 7) is 1.97. The molecule has 0 aliphatic rings. The molecule has 4 nitrogen and oxygen atoms in total. The maximum atomic E-state index is 10.5. The minimum atomic E-state index is -0.547. The fourth-order valence-corrected chi connectivity index (χ4v) is 2.49. The van der Waals surface area contributed by atoms with E-state index in [4.69, 9.17) is 0 Å². The molecule has 20 heavy (non-hydrogen) atoms. The molecule has 0 fully saturated rings. The van der Waals surface area contributed by atoms with Crippen molar-refractivity contribution in [1.29, 1.82) is 0 Å². The third-order valence-electron chi connectivity index (χ3n) is 3.78. The minimum Gasteiger partial charge on any atom is -0.388 e. The largest absolute Gasteiger partial charge is 0.388 e. The molecule has 0 saturated heterocycles. The van der Waals surface area contributed by atoms with E-state index in [2.05, 4.69) is 10.1 Å². The Morgan fingerprint density at radius 1 is 1.25 bits per heavy atom. The predicted molar refractivity (Wildman–Crippen MR) is 78.4 cm³/mol. The third-order valence-corrected chi connectivity index (χ3v) is 3.78. The Balaban J connectivity index is 1.95. The summed E-state index contributed by atoms with van der Waals surface area (Å²) in [6.07, 6.45) is 3.55. The van der Waals surface area contributed by atoms with Crippen molar-refractivity contribution >= 4 is 10.9 Å². The van der Waals surface area contributed by atoms with Crippen molar-refractivity contribution in [1.82, 2.24) is 14.8 Å². The van der Waals surface area contributed by atoms with Crippen molar-refractivity contribution < 1.29 is 5.11 Å². The van der Waals surface area contributed by atoms with E-state index in [1.54, 1.807) is 17.1 Å². The number of fused-ring (bicyclic) bond motifs is 1. The number of aryl methyl sites for hydroxylation is 1. The van der Waals surface area contributed by atoms with Crippen LogP contribution in [0.4, 0.5) is 0 Å². The van der Waals surface area contributed by atoms with Crippen LogP contribution in [0.15, 0.2) is 42.7 Å². The molecule has 1 atom stereocenters. The molecule has 1 unspecified atom stereocenters. The van der Waals surface area contributed by atoms with Gasteiger partial charge in [-0.3, -0.25) is 9.67 Å². The Hall–Kier alpha value is -2.20. The quantitative estimate of drug-likeness (QED) is 0.793. The molecule has 4 heteroatoms. The number of rotatable bonds is 3. The summed E-state index contributed by atoms with van der Waals surface area (Å²) in [6, 6.07) is 9.97. The van der Waals surface area contributed by atoms with Crippen LogP contribution in [-0.2, 0) is 13.5 Å². The molecular formula is C16H17N3O. The first kappa shape index (κ1) is 12.8. The highest BCUT2D eigenvalue weighted by Gasteiger charge is 2.15. The molecule has 3 rings (SSSR count). The van der Waals surface area contributed by atoms with Gasteiger partial charge in [0.2, 0.25) is 0 Å². The molecular weight excluding hydrogens is 250 g/mol. The highest BCUT2D eigenvalue weighted by molar-refractivity contribution is 5.81. The van der Waals surface area contributed by atoms with Crippen LogP contribution in [0.3, 0.4) is 0 Å². The molecule has 0 radical (unpaired) electrons. The minimum absolute atomic E-state index is 0.547. The number of pyridine rings is 1. The third kappa shape index (κ3) is 2.18. The molecule has 1 N–H and O–H groups in total. The Morgan fingerprint density at radius 2 is 2.05 bits per heavy atom. The van der Waals surface area contributed by atoms with Gasteiger partial charge >= 0.3 is 0 Å². The number of hydrogen-bond donors (Lipinski definition) is 1. The molecule has 0 aliphatic heterocycles. The van der Waals surface area contributed by atoms with Gasteiger partial charge in [0, 0.05) is 36.3 Å². The number of hydrogen-bond acceptors (Lipinski definition) is 3. The van der Waals surface area contributed by atoms with Crippen molar-refractivity contribution in [3.63, 3.8) is 0 Å². The smallest absolute Gasteiger partial charge is 0.0863 e. The maximum absolute atomic E-state index is 10.5. The van der Waals surface area contributed by atoms with Gasteiger partial charge in [-0.15, -0.1) is 0 Å². The van der Waals surface area contributed by atoms with Crippen LogP contribution in [0.25, 0.3) is 10.9 Å². The maximum Gasteiger partial charge on any atom is 0.0863 e. The normalized spacial score (nSPS) is 12.8. The lowest BCUT2D eigenvalue weighted by molar-refractivity contribution is 0.178. The van der Waals surface area contributed by atoms with Crippen molar-refractivity contribution in [3.05, 3.63) is 59.5 Å². The summed E-state index contributed by atoms with van der Waals surface area (Å²) in [5.41, 5.74) is 3.94. The van der Waals surface area contributed by atoms with Gasteiger partial charge in [-0.25, -0.2) is 0 Å². The van der Waals surface area contributed by atoms with Gasteiger partial charge in [0.25, 0.3) is 0 Å². The number of para-hydroxylation sites is 1.